The summed E-state index contributed by atoms with van der Waals surface area (Å²) in [5.41, 5.74) is 3.35. The third-order valence-electron chi connectivity index (χ3n) is 3.46. The van der Waals surface area contributed by atoms with Gasteiger partial charge in [-0.2, -0.15) is 0 Å². The average molecular weight is 356 g/mol. The maximum atomic E-state index is 12.1. The van der Waals surface area contributed by atoms with Gasteiger partial charge in [-0.15, -0.1) is 11.3 Å². The molecular weight excluding hydrogens is 342 g/mol. The first-order chi connectivity index (χ1) is 9.66. The molecule has 1 aliphatic heterocycles. The van der Waals surface area contributed by atoms with Crippen LogP contribution in [0.2, 0.25) is 0 Å². The lowest BCUT2D eigenvalue weighted by Gasteiger charge is -2.22. The van der Waals surface area contributed by atoms with Gasteiger partial charge >= 0.3 is 0 Å². The van der Waals surface area contributed by atoms with Gasteiger partial charge in [-0.05, 0) is 35.7 Å². The normalized spacial score (nSPS) is 16.5. The molecule has 0 aromatic carbocycles. The number of rotatable bonds is 2. The van der Waals surface area contributed by atoms with E-state index in [-0.39, 0.29) is 11.5 Å². The molecule has 5 nitrogen and oxygen atoms in total. The van der Waals surface area contributed by atoms with Gasteiger partial charge < -0.3 is 9.72 Å². The molecule has 3 rings (SSSR count). The number of halogens is 1. The number of aromatic nitrogens is 3. The molecule has 1 saturated heterocycles. The van der Waals surface area contributed by atoms with Crippen LogP contribution in [0, 0.1) is 6.92 Å². The summed E-state index contributed by atoms with van der Waals surface area (Å²) < 4.78 is 5.91. The molecule has 0 aliphatic carbocycles. The van der Waals surface area contributed by atoms with Crippen LogP contribution < -0.4 is 5.56 Å². The molecule has 20 heavy (non-hydrogen) atoms. The van der Waals surface area contributed by atoms with Crippen molar-refractivity contribution in [2.75, 3.05) is 13.2 Å². The van der Waals surface area contributed by atoms with Gasteiger partial charge in [0, 0.05) is 19.1 Å². The zero-order valence-corrected chi connectivity index (χ0v) is 13.4. The smallest absolute Gasteiger partial charge is 0.265 e. The summed E-state index contributed by atoms with van der Waals surface area (Å²) in [5.74, 6) is 0.882. The summed E-state index contributed by atoms with van der Waals surface area (Å²) in [6, 6.07) is 0. The Bertz CT molecular complexity index is 676. The van der Waals surface area contributed by atoms with Gasteiger partial charge in [0.1, 0.15) is 4.47 Å². The van der Waals surface area contributed by atoms with E-state index in [9.17, 15) is 4.79 Å². The van der Waals surface area contributed by atoms with Crippen LogP contribution in [0.3, 0.4) is 0 Å². The minimum absolute atomic E-state index is 0.135. The molecule has 1 N–H and O–H groups in total. The second-order valence-corrected chi connectivity index (χ2v) is 6.42. The number of hydrogen-bond donors (Lipinski definition) is 1. The lowest BCUT2D eigenvalue weighted by atomic mass is 9.96. The Morgan fingerprint density at radius 2 is 2.20 bits per heavy atom. The van der Waals surface area contributed by atoms with Crippen LogP contribution >= 0.6 is 27.3 Å². The SMILES string of the molecule is Cc1ncsc1-c1nc(C2CCOCC2)c(Br)c(=O)[nH]1. The lowest BCUT2D eigenvalue weighted by molar-refractivity contribution is 0.0843. The second kappa shape index (κ2) is 5.75. The largest absolute Gasteiger partial charge is 0.381 e. The van der Waals surface area contributed by atoms with Crippen LogP contribution in [-0.2, 0) is 4.74 Å². The van der Waals surface area contributed by atoms with Crippen LogP contribution in [0.25, 0.3) is 10.7 Å². The molecule has 0 amide bonds. The highest BCUT2D eigenvalue weighted by molar-refractivity contribution is 9.10. The number of thiazole rings is 1. The molecule has 1 fully saturated rings. The van der Waals surface area contributed by atoms with Crippen LogP contribution in [0.4, 0.5) is 0 Å². The fourth-order valence-electron chi connectivity index (χ4n) is 2.35. The number of nitrogens with zero attached hydrogens (tertiary/aromatic N) is 2. The molecule has 0 atom stereocenters. The van der Waals surface area contributed by atoms with E-state index in [4.69, 9.17) is 4.74 Å². The Hall–Kier alpha value is -1.05. The number of H-pyrrole nitrogens is 1. The van der Waals surface area contributed by atoms with E-state index in [1.807, 2.05) is 6.92 Å². The fraction of sp³-hybridized carbons (Fsp3) is 0.462. The van der Waals surface area contributed by atoms with Gasteiger partial charge in [0.05, 0.1) is 21.8 Å². The van der Waals surface area contributed by atoms with Crippen LogP contribution in [0.15, 0.2) is 14.8 Å². The molecule has 1 aliphatic rings. The first-order valence-electron chi connectivity index (χ1n) is 6.44. The van der Waals surface area contributed by atoms with Gasteiger partial charge in [0.2, 0.25) is 0 Å². The van der Waals surface area contributed by atoms with E-state index in [0.29, 0.717) is 10.3 Å². The van der Waals surface area contributed by atoms with Crippen LogP contribution in [0.1, 0.15) is 30.1 Å². The van der Waals surface area contributed by atoms with E-state index in [0.717, 1.165) is 42.3 Å². The van der Waals surface area contributed by atoms with Gasteiger partial charge in [0.25, 0.3) is 5.56 Å². The predicted molar refractivity (Wildman–Crippen MR) is 81.2 cm³/mol. The molecule has 7 heteroatoms. The van der Waals surface area contributed by atoms with Gasteiger partial charge in [-0.3, -0.25) is 4.79 Å². The summed E-state index contributed by atoms with van der Waals surface area (Å²) in [5, 5.41) is 0. The molecule has 0 radical (unpaired) electrons. The topological polar surface area (TPSA) is 67.9 Å². The molecule has 0 spiro atoms. The van der Waals surface area contributed by atoms with Gasteiger partial charge in [-0.1, -0.05) is 0 Å². The first-order valence-corrected chi connectivity index (χ1v) is 8.12. The highest BCUT2D eigenvalue weighted by atomic mass is 79.9. The standard InChI is InChI=1S/C13H14BrN3O2S/c1-7-11(20-6-15-7)12-16-10(9(14)13(18)17-12)8-2-4-19-5-3-8/h6,8H,2-5H2,1H3,(H,16,17,18). The minimum Gasteiger partial charge on any atom is -0.381 e. The predicted octanol–water partition coefficient (Wildman–Crippen LogP) is 2.86. The Morgan fingerprint density at radius 3 is 2.85 bits per heavy atom. The lowest BCUT2D eigenvalue weighted by Crippen LogP contribution is -2.20. The first kappa shape index (κ1) is 13.9. The van der Waals surface area contributed by atoms with E-state index in [2.05, 4.69) is 30.9 Å². The Balaban J connectivity index is 2.08. The number of hydrogen-bond acceptors (Lipinski definition) is 5. The van der Waals surface area contributed by atoms with E-state index in [1.165, 1.54) is 11.3 Å². The Kier molecular flexibility index (Phi) is 4.00. The summed E-state index contributed by atoms with van der Waals surface area (Å²) >= 11 is 4.86. The van der Waals surface area contributed by atoms with Crippen molar-refractivity contribution in [1.29, 1.82) is 0 Å². The summed E-state index contributed by atoms with van der Waals surface area (Å²) in [6.45, 7) is 3.36. The van der Waals surface area contributed by atoms with Crippen molar-refractivity contribution in [2.24, 2.45) is 0 Å². The average Bonchev–Trinajstić information content (AvgIpc) is 2.89. The molecule has 2 aromatic rings. The van der Waals surface area contributed by atoms with Gasteiger partial charge in [0.15, 0.2) is 5.82 Å². The van der Waals surface area contributed by atoms with Gasteiger partial charge in [-0.25, -0.2) is 9.97 Å². The van der Waals surface area contributed by atoms with Crippen molar-refractivity contribution >= 4 is 27.3 Å². The highest BCUT2D eigenvalue weighted by Gasteiger charge is 2.23. The maximum Gasteiger partial charge on any atom is 0.265 e. The molecule has 2 aromatic heterocycles. The summed E-state index contributed by atoms with van der Waals surface area (Å²) in [4.78, 5) is 24.7. The highest BCUT2D eigenvalue weighted by Crippen LogP contribution is 2.31. The van der Waals surface area contributed by atoms with Crippen LogP contribution in [0.5, 0.6) is 0 Å². The van der Waals surface area contributed by atoms with Crippen molar-refractivity contribution in [2.45, 2.75) is 25.7 Å². The van der Waals surface area contributed by atoms with Crippen molar-refractivity contribution in [3.63, 3.8) is 0 Å². The fourth-order valence-corrected chi connectivity index (χ4v) is 3.61. The van der Waals surface area contributed by atoms with Crippen molar-refractivity contribution in [3.05, 3.63) is 31.7 Å². The quantitative estimate of drug-likeness (QED) is 0.899. The maximum absolute atomic E-state index is 12.1. The zero-order chi connectivity index (χ0) is 14.1. The van der Waals surface area contributed by atoms with Crippen molar-refractivity contribution in [3.8, 4) is 10.7 Å². The zero-order valence-electron chi connectivity index (χ0n) is 11.0. The van der Waals surface area contributed by atoms with Crippen LogP contribution in [-0.4, -0.2) is 28.2 Å². The Morgan fingerprint density at radius 1 is 1.45 bits per heavy atom. The van der Waals surface area contributed by atoms with Crippen molar-refractivity contribution < 1.29 is 4.74 Å². The minimum atomic E-state index is -0.135. The molecular formula is C13H14BrN3O2S. The number of nitrogens with one attached hydrogen (secondary N) is 1. The number of ether oxygens (including phenoxy) is 1. The second-order valence-electron chi connectivity index (χ2n) is 4.77. The van der Waals surface area contributed by atoms with E-state index >= 15 is 0 Å². The third-order valence-corrected chi connectivity index (χ3v) is 5.16. The van der Waals surface area contributed by atoms with E-state index in [1.54, 1.807) is 5.51 Å². The monoisotopic (exact) mass is 355 g/mol. The third kappa shape index (κ3) is 2.57. The van der Waals surface area contributed by atoms with Crippen molar-refractivity contribution in [1.82, 2.24) is 15.0 Å². The molecule has 3 heterocycles. The molecule has 0 unspecified atom stereocenters. The Labute approximate surface area is 128 Å². The molecule has 0 bridgehead atoms. The summed E-state index contributed by atoms with van der Waals surface area (Å²) in [7, 11) is 0. The molecule has 106 valence electrons. The number of aryl methyl sites for hydroxylation is 1. The van der Waals surface area contributed by atoms with E-state index < -0.39 is 0 Å². The summed E-state index contributed by atoms with van der Waals surface area (Å²) in [6.07, 6.45) is 1.80. The number of aromatic amines is 1. The molecule has 0 saturated carbocycles.